The summed E-state index contributed by atoms with van der Waals surface area (Å²) in [6.45, 7) is 1.44. The molecule has 0 aromatic carbocycles. The molecule has 1 aliphatic heterocycles. The normalized spacial score (nSPS) is 24.5. The van der Waals surface area contributed by atoms with Crippen molar-refractivity contribution >= 4 is 5.97 Å². The number of hydrogen-bond acceptors (Lipinski definition) is 3. The van der Waals surface area contributed by atoms with Crippen LogP contribution in [0.2, 0.25) is 0 Å². The fraction of sp³-hybridized carbons (Fsp3) is 0.750. The SMILES string of the molecule is O=C(O)[C@@H]1C=C1CCCCCC1OCCO1. The molecule has 1 saturated heterocycles. The molecule has 0 bridgehead atoms. The maximum atomic E-state index is 10.5. The fourth-order valence-electron chi connectivity index (χ4n) is 2.03. The van der Waals surface area contributed by atoms with Crippen molar-refractivity contribution in [3.05, 3.63) is 11.6 Å². The molecule has 90 valence electrons. The standard InChI is InChI=1S/C12H18O4/c13-12(14)10-8-9(10)4-2-1-3-5-11-15-6-7-16-11/h8,10-11H,1-7H2,(H,13,14)/t10-/m1/s1. The van der Waals surface area contributed by atoms with Crippen LogP contribution in [0, 0.1) is 5.92 Å². The van der Waals surface area contributed by atoms with E-state index in [9.17, 15) is 4.79 Å². The maximum Gasteiger partial charge on any atom is 0.314 e. The summed E-state index contributed by atoms with van der Waals surface area (Å²) in [6, 6.07) is 0. The fourth-order valence-corrected chi connectivity index (χ4v) is 2.03. The van der Waals surface area contributed by atoms with Gasteiger partial charge in [0.05, 0.1) is 19.1 Å². The van der Waals surface area contributed by atoms with Crippen LogP contribution in [0.15, 0.2) is 11.6 Å². The van der Waals surface area contributed by atoms with Crippen molar-refractivity contribution in [1.29, 1.82) is 0 Å². The number of hydrogen-bond donors (Lipinski definition) is 1. The number of carboxylic acids is 1. The third-order valence-electron chi connectivity index (χ3n) is 3.03. The second-order valence-electron chi connectivity index (χ2n) is 4.33. The molecule has 2 rings (SSSR count). The van der Waals surface area contributed by atoms with Crippen LogP contribution in [0.4, 0.5) is 0 Å². The van der Waals surface area contributed by atoms with Gasteiger partial charge in [-0.1, -0.05) is 18.1 Å². The zero-order chi connectivity index (χ0) is 11.4. The quantitative estimate of drug-likeness (QED) is 0.532. The molecule has 0 aromatic rings. The molecule has 1 atom stereocenters. The molecule has 0 spiro atoms. The molecule has 1 heterocycles. The highest BCUT2D eigenvalue weighted by Crippen LogP contribution is 2.33. The van der Waals surface area contributed by atoms with E-state index in [1.807, 2.05) is 6.08 Å². The monoisotopic (exact) mass is 226 g/mol. The lowest BCUT2D eigenvalue weighted by atomic mass is 10.1. The molecular formula is C12H18O4. The van der Waals surface area contributed by atoms with Crippen LogP contribution in [-0.2, 0) is 14.3 Å². The van der Waals surface area contributed by atoms with E-state index in [2.05, 4.69) is 0 Å². The minimum atomic E-state index is -0.706. The number of aliphatic carboxylic acids is 1. The topological polar surface area (TPSA) is 55.8 Å². The first-order chi connectivity index (χ1) is 7.77. The minimum absolute atomic E-state index is 0.00640. The van der Waals surface area contributed by atoms with E-state index in [4.69, 9.17) is 14.6 Å². The van der Waals surface area contributed by atoms with Gasteiger partial charge >= 0.3 is 5.97 Å². The van der Waals surface area contributed by atoms with Crippen molar-refractivity contribution in [2.75, 3.05) is 13.2 Å². The predicted octanol–water partition coefficient (Wildman–Crippen LogP) is 1.95. The molecule has 0 amide bonds. The molecule has 0 aromatic heterocycles. The van der Waals surface area contributed by atoms with E-state index in [1.165, 1.54) is 0 Å². The molecule has 0 unspecified atom stereocenters. The lowest BCUT2D eigenvalue weighted by Gasteiger charge is -2.07. The van der Waals surface area contributed by atoms with Crippen LogP contribution < -0.4 is 0 Å². The number of carbonyl (C=O) groups is 1. The lowest BCUT2D eigenvalue weighted by molar-refractivity contribution is -0.137. The minimum Gasteiger partial charge on any atom is -0.481 e. The van der Waals surface area contributed by atoms with E-state index in [-0.39, 0.29) is 12.2 Å². The second-order valence-corrected chi connectivity index (χ2v) is 4.33. The third-order valence-corrected chi connectivity index (χ3v) is 3.03. The molecule has 16 heavy (non-hydrogen) atoms. The summed E-state index contributed by atoms with van der Waals surface area (Å²) < 4.78 is 10.7. The number of ether oxygens (including phenoxy) is 2. The number of rotatable bonds is 7. The van der Waals surface area contributed by atoms with Crippen LogP contribution in [0.1, 0.15) is 32.1 Å². The van der Waals surface area contributed by atoms with Gasteiger partial charge in [-0.15, -0.1) is 0 Å². The van der Waals surface area contributed by atoms with E-state index >= 15 is 0 Å². The molecule has 1 fully saturated rings. The van der Waals surface area contributed by atoms with E-state index < -0.39 is 5.97 Å². The summed E-state index contributed by atoms with van der Waals surface area (Å²) in [6.07, 6.45) is 7.02. The highest BCUT2D eigenvalue weighted by molar-refractivity contribution is 5.81. The highest BCUT2D eigenvalue weighted by Gasteiger charge is 2.30. The van der Waals surface area contributed by atoms with Gasteiger partial charge in [0.2, 0.25) is 0 Å². The van der Waals surface area contributed by atoms with Gasteiger partial charge in [0, 0.05) is 0 Å². The van der Waals surface area contributed by atoms with Crippen LogP contribution in [0.25, 0.3) is 0 Å². The van der Waals surface area contributed by atoms with Crippen LogP contribution >= 0.6 is 0 Å². The zero-order valence-electron chi connectivity index (χ0n) is 9.35. The summed E-state index contributed by atoms with van der Waals surface area (Å²) in [5, 5.41) is 8.68. The van der Waals surface area contributed by atoms with E-state index in [1.54, 1.807) is 0 Å². The van der Waals surface area contributed by atoms with Crippen molar-refractivity contribution in [1.82, 2.24) is 0 Å². The van der Waals surface area contributed by atoms with E-state index in [0.29, 0.717) is 0 Å². The molecule has 1 N–H and O–H groups in total. The van der Waals surface area contributed by atoms with Gasteiger partial charge in [-0.05, 0) is 25.7 Å². The van der Waals surface area contributed by atoms with Crippen molar-refractivity contribution in [2.45, 2.75) is 38.4 Å². The molecule has 4 nitrogen and oxygen atoms in total. The number of unbranched alkanes of at least 4 members (excludes halogenated alkanes) is 2. The summed E-state index contributed by atoms with van der Waals surface area (Å²) in [4.78, 5) is 10.5. The summed E-state index contributed by atoms with van der Waals surface area (Å²) in [7, 11) is 0. The van der Waals surface area contributed by atoms with Gasteiger partial charge in [0.15, 0.2) is 6.29 Å². The Kier molecular flexibility index (Phi) is 3.96. The highest BCUT2D eigenvalue weighted by atomic mass is 16.7. The van der Waals surface area contributed by atoms with Gasteiger partial charge in [-0.3, -0.25) is 4.79 Å². The summed E-state index contributed by atoms with van der Waals surface area (Å²) in [5.41, 5.74) is 1.10. The Balaban J connectivity index is 1.44. The first-order valence-electron chi connectivity index (χ1n) is 5.94. The smallest absolute Gasteiger partial charge is 0.314 e. The van der Waals surface area contributed by atoms with Crippen molar-refractivity contribution in [3.63, 3.8) is 0 Å². The van der Waals surface area contributed by atoms with Gasteiger partial charge < -0.3 is 14.6 Å². The summed E-state index contributed by atoms with van der Waals surface area (Å²) in [5.74, 6) is -0.954. The maximum absolute atomic E-state index is 10.5. The largest absolute Gasteiger partial charge is 0.481 e. The summed E-state index contributed by atoms with van der Waals surface area (Å²) >= 11 is 0. The molecule has 2 aliphatic rings. The Labute approximate surface area is 95.2 Å². The Hall–Kier alpha value is -0.870. The van der Waals surface area contributed by atoms with Crippen molar-refractivity contribution < 1.29 is 19.4 Å². The van der Waals surface area contributed by atoms with E-state index in [0.717, 1.165) is 50.9 Å². The predicted molar refractivity (Wildman–Crippen MR) is 58.0 cm³/mol. The average molecular weight is 226 g/mol. The third kappa shape index (κ3) is 3.32. The molecule has 0 saturated carbocycles. The molecule has 4 heteroatoms. The van der Waals surface area contributed by atoms with Gasteiger partial charge in [-0.25, -0.2) is 0 Å². The Morgan fingerprint density at radius 2 is 2.06 bits per heavy atom. The molecular weight excluding hydrogens is 208 g/mol. The Morgan fingerprint density at radius 3 is 2.69 bits per heavy atom. The first kappa shape index (κ1) is 11.6. The Morgan fingerprint density at radius 1 is 1.31 bits per heavy atom. The molecule has 0 radical (unpaired) electrons. The van der Waals surface area contributed by atoms with Gasteiger partial charge in [0.1, 0.15) is 0 Å². The number of carboxylic acid groups (broad SMARTS) is 1. The van der Waals surface area contributed by atoms with Gasteiger partial charge in [-0.2, -0.15) is 0 Å². The lowest BCUT2D eigenvalue weighted by Crippen LogP contribution is -2.06. The van der Waals surface area contributed by atoms with Crippen LogP contribution in [0.3, 0.4) is 0 Å². The average Bonchev–Trinajstić information content (AvgIpc) is 2.85. The van der Waals surface area contributed by atoms with Gasteiger partial charge in [0.25, 0.3) is 0 Å². The van der Waals surface area contributed by atoms with Crippen LogP contribution in [0.5, 0.6) is 0 Å². The first-order valence-corrected chi connectivity index (χ1v) is 5.94. The second kappa shape index (κ2) is 5.46. The Bertz CT molecular complexity index is 279. The van der Waals surface area contributed by atoms with Crippen LogP contribution in [-0.4, -0.2) is 30.6 Å². The van der Waals surface area contributed by atoms with Crippen molar-refractivity contribution in [3.8, 4) is 0 Å². The zero-order valence-corrected chi connectivity index (χ0v) is 9.35. The molecule has 1 aliphatic carbocycles. The van der Waals surface area contributed by atoms with Crippen molar-refractivity contribution in [2.24, 2.45) is 5.92 Å².